The second-order valence-electron chi connectivity index (χ2n) is 6.36. The van der Waals surface area contributed by atoms with Crippen molar-refractivity contribution in [3.8, 4) is 0 Å². The topological polar surface area (TPSA) is 41.5 Å². The van der Waals surface area contributed by atoms with Gasteiger partial charge in [-0.2, -0.15) is 0 Å². The SMILES string of the molecule is CCCCCCCCOCC(O)CNC1(CC)CCC1. The maximum atomic E-state index is 9.91. The van der Waals surface area contributed by atoms with Gasteiger partial charge in [0.1, 0.15) is 0 Å². The Kier molecular flexibility index (Phi) is 9.49. The predicted molar refractivity (Wildman–Crippen MR) is 85.1 cm³/mol. The Balaban J connectivity index is 1.88. The first kappa shape index (κ1) is 17.9. The van der Waals surface area contributed by atoms with Crippen LogP contribution >= 0.6 is 0 Å². The van der Waals surface area contributed by atoms with Crippen molar-refractivity contribution >= 4 is 0 Å². The quantitative estimate of drug-likeness (QED) is 0.508. The van der Waals surface area contributed by atoms with Crippen molar-refractivity contribution in [1.29, 1.82) is 0 Å². The summed E-state index contributed by atoms with van der Waals surface area (Å²) in [5, 5.41) is 13.4. The van der Waals surface area contributed by atoms with Gasteiger partial charge >= 0.3 is 0 Å². The first-order valence-electron chi connectivity index (χ1n) is 8.73. The number of ether oxygens (including phenoxy) is 1. The number of aliphatic hydroxyl groups excluding tert-OH is 1. The Bertz CT molecular complexity index is 224. The van der Waals surface area contributed by atoms with Crippen molar-refractivity contribution in [2.45, 2.75) is 89.7 Å². The monoisotopic (exact) mass is 285 g/mol. The fraction of sp³-hybridized carbons (Fsp3) is 1.00. The van der Waals surface area contributed by atoms with Crippen LogP contribution in [0.2, 0.25) is 0 Å². The molecule has 1 fully saturated rings. The van der Waals surface area contributed by atoms with Crippen LogP contribution in [0.3, 0.4) is 0 Å². The van der Waals surface area contributed by atoms with Gasteiger partial charge in [0.15, 0.2) is 0 Å². The highest BCUT2D eigenvalue weighted by Gasteiger charge is 2.34. The second kappa shape index (κ2) is 10.6. The summed E-state index contributed by atoms with van der Waals surface area (Å²) in [4.78, 5) is 0. The van der Waals surface area contributed by atoms with E-state index in [-0.39, 0.29) is 6.10 Å². The van der Waals surface area contributed by atoms with E-state index >= 15 is 0 Å². The Hall–Kier alpha value is -0.120. The molecule has 0 aromatic carbocycles. The fourth-order valence-corrected chi connectivity index (χ4v) is 2.86. The molecule has 1 rings (SSSR count). The van der Waals surface area contributed by atoms with E-state index in [1.54, 1.807) is 0 Å². The highest BCUT2D eigenvalue weighted by Crippen LogP contribution is 2.34. The van der Waals surface area contributed by atoms with Crippen LogP contribution in [-0.2, 0) is 4.74 Å². The molecule has 0 aliphatic heterocycles. The molecule has 1 saturated carbocycles. The molecule has 0 aromatic rings. The molecular weight excluding hydrogens is 250 g/mol. The molecule has 3 heteroatoms. The van der Waals surface area contributed by atoms with Gasteiger partial charge in [-0.25, -0.2) is 0 Å². The summed E-state index contributed by atoms with van der Waals surface area (Å²) in [7, 11) is 0. The number of aliphatic hydroxyl groups is 1. The highest BCUT2D eigenvalue weighted by atomic mass is 16.5. The molecule has 120 valence electrons. The molecule has 1 unspecified atom stereocenters. The minimum atomic E-state index is -0.362. The predicted octanol–water partition coefficient (Wildman–Crippen LogP) is 3.65. The maximum Gasteiger partial charge on any atom is 0.0897 e. The molecule has 2 N–H and O–H groups in total. The van der Waals surface area contributed by atoms with Gasteiger partial charge in [-0.1, -0.05) is 46.0 Å². The number of hydrogen-bond acceptors (Lipinski definition) is 3. The smallest absolute Gasteiger partial charge is 0.0897 e. The zero-order chi connectivity index (χ0) is 14.7. The number of nitrogens with one attached hydrogen (secondary N) is 1. The molecule has 0 heterocycles. The largest absolute Gasteiger partial charge is 0.389 e. The highest BCUT2D eigenvalue weighted by molar-refractivity contribution is 4.94. The van der Waals surface area contributed by atoms with E-state index in [4.69, 9.17) is 4.74 Å². The van der Waals surface area contributed by atoms with Crippen LogP contribution in [-0.4, -0.2) is 36.5 Å². The summed E-state index contributed by atoms with van der Waals surface area (Å²) >= 11 is 0. The number of β-amino-alcohol motifs (C(OH)–C–C–N with tert-alkyl or cyclic N) is 1. The van der Waals surface area contributed by atoms with Gasteiger partial charge in [0.25, 0.3) is 0 Å². The molecule has 0 aromatic heterocycles. The summed E-state index contributed by atoms with van der Waals surface area (Å²) in [5.74, 6) is 0. The van der Waals surface area contributed by atoms with Gasteiger partial charge in [-0.05, 0) is 32.1 Å². The van der Waals surface area contributed by atoms with Crippen LogP contribution in [0.1, 0.15) is 78.1 Å². The Labute approximate surface area is 125 Å². The maximum absolute atomic E-state index is 9.91. The zero-order valence-electron chi connectivity index (χ0n) is 13.6. The van der Waals surface area contributed by atoms with E-state index in [1.807, 2.05) is 0 Å². The average molecular weight is 285 g/mol. The second-order valence-corrected chi connectivity index (χ2v) is 6.36. The van der Waals surface area contributed by atoms with Crippen molar-refractivity contribution in [2.24, 2.45) is 0 Å². The van der Waals surface area contributed by atoms with Gasteiger partial charge < -0.3 is 15.2 Å². The van der Waals surface area contributed by atoms with Gasteiger partial charge in [0.2, 0.25) is 0 Å². The molecule has 1 aliphatic carbocycles. The molecule has 0 spiro atoms. The van der Waals surface area contributed by atoms with E-state index in [0.717, 1.165) is 13.0 Å². The molecular formula is C17H35NO2. The first-order chi connectivity index (χ1) is 9.72. The lowest BCUT2D eigenvalue weighted by Gasteiger charge is -2.42. The molecule has 0 amide bonds. The number of hydrogen-bond donors (Lipinski definition) is 2. The first-order valence-corrected chi connectivity index (χ1v) is 8.73. The Morgan fingerprint density at radius 2 is 1.80 bits per heavy atom. The van der Waals surface area contributed by atoms with E-state index in [2.05, 4.69) is 19.2 Å². The molecule has 0 radical (unpaired) electrons. The summed E-state index contributed by atoms with van der Waals surface area (Å²) in [6, 6.07) is 0. The van der Waals surface area contributed by atoms with Crippen molar-refractivity contribution in [2.75, 3.05) is 19.8 Å². The van der Waals surface area contributed by atoms with E-state index < -0.39 is 0 Å². The third kappa shape index (κ3) is 7.05. The van der Waals surface area contributed by atoms with E-state index in [9.17, 15) is 5.11 Å². The fourth-order valence-electron chi connectivity index (χ4n) is 2.86. The molecule has 20 heavy (non-hydrogen) atoms. The van der Waals surface area contributed by atoms with E-state index in [1.165, 1.54) is 57.8 Å². The number of unbranched alkanes of at least 4 members (excludes halogenated alkanes) is 5. The molecule has 3 nitrogen and oxygen atoms in total. The number of rotatable bonds is 13. The third-order valence-corrected chi connectivity index (χ3v) is 4.65. The molecule has 0 saturated heterocycles. The lowest BCUT2D eigenvalue weighted by atomic mass is 9.75. The van der Waals surface area contributed by atoms with Gasteiger partial charge in [0, 0.05) is 18.7 Å². The standard InChI is InChI=1S/C17H35NO2/c1-3-5-6-7-8-9-13-20-15-16(19)14-18-17(4-2)11-10-12-17/h16,18-19H,3-15H2,1-2H3. The van der Waals surface area contributed by atoms with E-state index in [0.29, 0.717) is 18.7 Å². The molecule has 1 aliphatic rings. The minimum absolute atomic E-state index is 0.320. The van der Waals surface area contributed by atoms with Crippen LogP contribution in [0.25, 0.3) is 0 Å². The van der Waals surface area contributed by atoms with Crippen LogP contribution in [0.5, 0.6) is 0 Å². The lowest BCUT2D eigenvalue weighted by molar-refractivity contribution is 0.0260. The summed E-state index contributed by atoms with van der Waals surface area (Å²) < 4.78 is 5.56. The summed E-state index contributed by atoms with van der Waals surface area (Å²) in [6.45, 7) is 6.41. The molecule has 0 bridgehead atoms. The summed E-state index contributed by atoms with van der Waals surface area (Å²) in [6.07, 6.45) is 12.4. The van der Waals surface area contributed by atoms with Gasteiger partial charge in [-0.15, -0.1) is 0 Å². The Morgan fingerprint density at radius 1 is 1.10 bits per heavy atom. The summed E-state index contributed by atoms with van der Waals surface area (Å²) in [5.41, 5.74) is 0.320. The van der Waals surface area contributed by atoms with Crippen LogP contribution in [0, 0.1) is 0 Å². The average Bonchev–Trinajstić information content (AvgIpc) is 2.41. The van der Waals surface area contributed by atoms with Crippen LogP contribution in [0.15, 0.2) is 0 Å². The van der Waals surface area contributed by atoms with Crippen molar-refractivity contribution in [1.82, 2.24) is 5.32 Å². The zero-order valence-corrected chi connectivity index (χ0v) is 13.6. The van der Waals surface area contributed by atoms with Crippen molar-refractivity contribution < 1.29 is 9.84 Å². The normalized spacial score (nSPS) is 18.8. The van der Waals surface area contributed by atoms with Crippen LogP contribution in [0.4, 0.5) is 0 Å². The van der Waals surface area contributed by atoms with Crippen molar-refractivity contribution in [3.05, 3.63) is 0 Å². The third-order valence-electron chi connectivity index (χ3n) is 4.65. The van der Waals surface area contributed by atoms with Gasteiger partial charge in [-0.3, -0.25) is 0 Å². The van der Waals surface area contributed by atoms with Crippen LogP contribution < -0.4 is 5.32 Å². The van der Waals surface area contributed by atoms with Gasteiger partial charge in [0.05, 0.1) is 12.7 Å². The Morgan fingerprint density at radius 3 is 2.40 bits per heavy atom. The molecule has 1 atom stereocenters. The lowest BCUT2D eigenvalue weighted by Crippen LogP contribution is -2.53. The minimum Gasteiger partial charge on any atom is -0.389 e. The van der Waals surface area contributed by atoms with Crippen molar-refractivity contribution in [3.63, 3.8) is 0 Å².